The van der Waals surface area contributed by atoms with Gasteiger partial charge in [0.05, 0.1) is 15.9 Å². The van der Waals surface area contributed by atoms with Gasteiger partial charge in [0.25, 0.3) is 0 Å². The lowest BCUT2D eigenvalue weighted by atomic mass is 9.96. The molecular formula is C46H28N2OS. The molecule has 0 bridgehead atoms. The number of benzene rings is 7. The van der Waals surface area contributed by atoms with Crippen molar-refractivity contribution >= 4 is 53.6 Å². The standard InChI is InChI=1S/C46H28N2OS/c1-2-12-29(13-3-1)30-14-9-18-34(27-30)42-45-43(39-21-5-7-25-41(39)50-45)48-46(47-42)35-19-10-16-32(28-35)31-15-8-17-33(26-31)36-22-11-23-38-37-20-4-6-24-40(37)49-44(36)38/h1-28H. The number of rotatable bonds is 5. The maximum Gasteiger partial charge on any atom is 0.160 e. The lowest BCUT2D eigenvalue weighted by Crippen LogP contribution is -1.94. The number of nitrogens with zero attached hydrogens (tertiary/aromatic N) is 2. The monoisotopic (exact) mass is 656 g/mol. The molecule has 0 spiro atoms. The molecule has 0 fully saturated rings. The number of thiophene rings is 1. The molecule has 0 radical (unpaired) electrons. The predicted molar refractivity (Wildman–Crippen MR) is 209 cm³/mol. The Hall–Kier alpha value is -6.36. The van der Waals surface area contributed by atoms with Crippen molar-refractivity contribution in [2.45, 2.75) is 0 Å². The minimum absolute atomic E-state index is 0.714. The van der Waals surface area contributed by atoms with E-state index in [1.807, 2.05) is 12.1 Å². The van der Waals surface area contributed by atoms with E-state index in [4.69, 9.17) is 14.4 Å². The normalized spacial score (nSPS) is 11.6. The van der Waals surface area contributed by atoms with Crippen molar-refractivity contribution in [3.05, 3.63) is 170 Å². The Kier molecular flexibility index (Phi) is 6.68. The Morgan fingerprint density at radius 2 is 1.00 bits per heavy atom. The largest absolute Gasteiger partial charge is 0.455 e. The van der Waals surface area contributed by atoms with Crippen molar-refractivity contribution in [2.75, 3.05) is 0 Å². The van der Waals surface area contributed by atoms with Crippen LogP contribution in [-0.2, 0) is 0 Å². The molecule has 0 unspecified atom stereocenters. The van der Waals surface area contributed by atoms with Gasteiger partial charge in [-0.1, -0.05) is 140 Å². The van der Waals surface area contributed by atoms with E-state index in [2.05, 4.69) is 158 Å². The molecule has 0 saturated carbocycles. The Labute approximate surface area is 292 Å². The van der Waals surface area contributed by atoms with Crippen LogP contribution >= 0.6 is 11.3 Å². The number of hydrogen-bond acceptors (Lipinski definition) is 4. The Morgan fingerprint density at radius 1 is 0.420 bits per heavy atom. The van der Waals surface area contributed by atoms with Gasteiger partial charge in [0.15, 0.2) is 5.82 Å². The van der Waals surface area contributed by atoms with E-state index in [1.165, 1.54) is 10.3 Å². The second-order valence-electron chi connectivity index (χ2n) is 12.6. The van der Waals surface area contributed by atoms with Gasteiger partial charge in [0.2, 0.25) is 0 Å². The first-order valence-corrected chi connectivity index (χ1v) is 17.6. The third kappa shape index (κ3) is 4.80. The van der Waals surface area contributed by atoms with Gasteiger partial charge in [-0.3, -0.25) is 0 Å². The maximum absolute atomic E-state index is 6.38. The first kappa shape index (κ1) is 28.6. The zero-order valence-corrected chi connectivity index (χ0v) is 27.7. The molecule has 0 saturated heterocycles. The Bertz CT molecular complexity index is 2880. The second kappa shape index (κ2) is 11.7. The average Bonchev–Trinajstić information content (AvgIpc) is 3.77. The SMILES string of the molecule is c1ccc(-c2cccc(-c3nc(-c4cccc(-c5cccc(-c6cccc7c6oc6ccccc67)c5)c4)nc4c3sc3ccccc34)c2)cc1. The molecule has 4 heteroatoms. The number of furan rings is 1. The smallest absolute Gasteiger partial charge is 0.160 e. The third-order valence-electron chi connectivity index (χ3n) is 9.49. The van der Waals surface area contributed by atoms with Crippen molar-refractivity contribution in [1.29, 1.82) is 0 Å². The van der Waals surface area contributed by atoms with Crippen LogP contribution in [0.2, 0.25) is 0 Å². The van der Waals surface area contributed by atoms with Gasteiger partial charge in [0, 0.05) is 37.5 Å². The molecule has 0 aliphatic rings. The van der Waals surface area contributed by atoms with Crippen molar-refractivity contribution in [3.8, 4) is 56.0 Å². The lowest BCUT2D eigenvalue weighted by molar-refractivity contribution is 0.670. The van der Waals surface area contributed by atoms with Crippen LogP contribution in [-0.4, -0.2) is 9.97 Å². The summed E-state index contributed by atoms with van der Waals surface area (Å²) in [4.78, 5) is 10.6. The molecule has 0 amide bonds. The zero-order chi connectivity index (χ0) is 33.0. The van der Waals surface area contributed by atoms with E-state index in [9.17, 15) is 0 Å². The van der Waals surface area contributed by atoms with Crippen LogP contribution in [0, 0.1) is 0 Å². The van der Waals surface area contributed by atoms with Gasteiger partial charge in [-0.05, 0) is 58.1 Å². The van der Waals surface area contributed by atoms with Gasteiger partial charge >= 0.3 is 0 Å². The Morgan fingerprint density at radius 3 is 1.84 bits per heavy atom. The molecule has 50 heavy (non-hydrogen) atoms. The molecule has 3 nitrogen and oxygen atoms in total. The fourth-order valence-corrected chi connectivity index (χ4v) is 8.22. The summed E-state index contributed by atoms with van der Waals surface area (Å²) >= 11 is 1.76. The fraction of sp³-hybridized carbons (Fsp3) is 0. The minimum atomic E-state index is 0.714. The maximum atomic E-state index is 6.38. The summed E-state index contributed by atoms with van der Waals surface area (Å²) < 4.78 is 8.69. The van der Waals surface area contributed by atoms with Crippen LogP contribution in [0.5, 0.6) is 0 Å². The van der Waals surface area contributed by atoms with E-state index >= 15 is 0 Å². The summed E-state index contributed by atoms with van der Waals surface area (Å²) in [6.07, 6.45) is 0. The molecule has 7 aromatic carbocycles. The summed E-state index contributed by atoms with van der Waals surface area (Å²) in [6, 6.07) is 59.6. The van der Waals surface area contributed by atoms with Gasteiger partial charge in [0.1, 0.15) is 11.2 Å². The highest BCUT2D eigenvalue weighted by atomic mass is 32.1. The van der Waals surface area contributed by atoms with Gasteiger partial charge in [-0.15, -0.1) is 11.3 Å². The van der Waals surface area contributed by atoms with Crippen LogP contribution in [0.25, 0.3) is 98.3 Å². The van der Waals surface area contributed by atoms with E-state index in [0.717, 1.165) is 82.2 Å². The first-order chi connectivity index (χ1) is 24.8. The number of aromatic nitrogens is 2. The van der Waals surface area contributed by atoms with Crippen LogP contribution < -0.4 is 0 Å². The summed E-state index contributed by atoms with van der Waals surface area (Å²) in [7, 11) is 0. The number of hydrogen-bond donors (Lipinski definition) is 0. The van der Waals surface area contributed by atoms with Crippen molar-refractivity contribution in [1.82, 2.24) is 9.97 Å². The van der Waals surface area contributed by atoms with Gasteiger partial charge < -0.3 is 4.42 Å². The molecule has 0 N–H and O–H groups in total. The summed E-state index contributed by atoms with van der Waals surface area (Å²) in [5.74, 6) is 0.714. The van der Waals surface area contributed by atoms with Crippen LogP contribution in [0.4, 0.5) is 0 Å². The molecular weight excluding hydrogens is 629 g/mol. The summed E-state index contributed by atoms with van der Waals surface area (Å²) in [5.41, 5.74) is 12.6. The summed E-state index contributed by atoms with van der Waals surface area (Å²) in [6.45, 7) is 0. The molecule has 0 aliphatic heterocycles. The number of para-hydroxylation sites is 2. The van der Waals surface area contributed by atoms with E-state index in [1.54, 1.807) is 11.3 Å². The van der Waals surface area contributed by atoms with Crippen LogP contribution in [0.3, 0.4) is 0 Å². The second-order valence-corrected chi connectivity index (χ2v) is 13.6. The first-order valence-electron chi connectivity index (χ1n) is 16.7. The minimum Gasteiger partial charge on any atom is -0.455 e. The molecule has 10 rings (SSSR count). The van der Waals surface area contributed by atoms with Crippen molar-refractivity contribution in [2.24, 2.45) is 0 Å². The lowest BCUT2D eigenvalue weighted by Gasteiger charge is -2.11. The molecule has 3 aromatic heterocycles. The fourth-order valence-electron chi connectivity index (χ4n) is 7.07. The van der Waals surface area contributed by atoms with Crippen molar-refractivity contribution in [3.63, 3.8) is 0 Å². The predicted octanol–water partition coefficient (Wildman–Crippen LogP) is 13.1. The van der Waals surface area contributed by atoms with Crippen molar-refractivity contribution < 1.29 is 4.42 Å². The molecule has 3 heterocycles. The molecule has 0 atom stereocenters. The van der Waals surface area contributed by atoms with Gasteiger partial charge in [-0.2, -0.15) is 0 Å². The molecule has 10 aromatic rings. The molecule has 234 valence electrons. The third-order valence-corrected chi connectivity index (χ3v) is 10.7. The van der Waals surface area contributed by atoms with E-state index < -0.39 is 0 Å². The highest BCUT2D eigenvalue weighted by molar-refractivity contribution is 7.26. The van der Waals surface area contributed by atoms with E-state index in [-0.39, 0.29) is 0 Å². The average molecular weight is 657 g/mol. The summed E-state index contributed by atoms with van der Waals surface area (Å²) in [5, 5.41) is 3.42. The quantitative estimate of drug-likeness (QED) is 0.185. The highest BCUT2D eigenvalue weighted by Crippen LogP contribution is 2.41. The van der Waals surface area contributed by atoms with Crippen LogP contribution in [0.1, 0.15) is 0 Å². The highest BCUT2D eigenvalue weighted by Gasteiger charge is 2.18. The van der Waals surface area contributed by atoms with Crippen LogP contribution in [0.15, 0.2) is 174 Å². The molecule has 0 aliphatic carbocycles. The zero-order valence-electron chi connectivity index (χ0n) is 26.9. The van der Waals surface area contributed by atoms with E-state index in [0.29, 0.717) is 5.82 Å². The topological polar surface area (TPSA) is 38.9 Å². The van der Waals surface area contributed by atoms with Gasteiger partial charge in [-0.25, -0.2) is 9.97 Å². The Balaban J connectivity index is 1.10. The number of fused-ring (bicyclic) bond motifs is 6.